The molecule has 1 aliphatic heterocycles. The summed E-state index contributed by atoms with van der Waals surface area (Å²) in [6.45, 7) is 2.19. The minimum Gasteiger partial charge on any atom is -0.370 e. The highest BCUT2D eigenvalue weighted by atomic mass is 35.5. The van der Waals surface area contributed by atoms with Gasteiger partial charge >= 0.3 is 0 Å². The van der Waals surface area contributed by atoms with E-state index in [4.69, 9.17) is 11.6 Å². The maximum atomic E-state index is 5.91. The molecule has 1 unspecified atom stereocenters. The number of hydrogen-bond acceptors (Lipinski definition) is 3. The van der Waals surface area contributed by atoms with E-state index in [1.54, 1.807) is 6.20 Å². The lowest BCUT2D eigenvalue weighted by Crippen LogP contribution is -2.45. The van der Waals surface area contributed by atoms with Crippen LogP contribution in [0.4, 0.5) is 5.69 Å². The molecule has 1 aromatic heterocycles. The molecule has 1 fully saturated rings. The molecule has 1 saturated heterocycles. The fraction of sp³-hybridized carbons (Fsp3) is 0.583. The summed E-state index contributed by atoms with van der Waals surface area (Å²) in [6, 6.07) is 4.62. The number of nitrogens with zero attached hydrogens (tertiary/aromatic N) is 3. The molecule has 16 heavy (non-hydrogen) atoms. The maximum absolute atomic E-state index is 5.91. The van der Waals surface area contributed by atoms with E-state index in [1.807, 2.05) is 12.1 Å². The van der Waals surface area contributed by atoms with Crippen LogP contribution in [0.25, 0.3) is 0 Å². The molecule has 0 bridgehead atoms. The number of halogens is 1. The lowest BCUT2D eigenvalue weighted by molar-refractivity contribution is 0.258. The Morgan fingerprint density at radius 2 is 2.31 bits per heavy atom. The molecule has 0 spiro atoms. The van der Waals surface area contributed by atoms with Gasteiger partial charge in [-0.05, 0) is 39.1 Å². The molecule has 0 saturated carbocycles. The van der Waals surface area contributed by atoms with Crippen LogP contribution < -0.4 is 4.90 Å². The third-order valence-corrected chi connectivity index (χ3v) is 3.41. The number of pyridine rings is 1. The Morgan fingerprint density at radius 3 is 3.00 bits per heavy atom. The first kappa shape index (κ1) is 11.7. The Balaban J connectivity index is 2.09. The Bertz CT molecular complexity index is 354. The number of rotatable bonds is 2. The van der Waals surface area contributed by atoms with E-state index in [0.717, 1.165) is 13.1 Å². The van der Waals surface area contributed by atoms with Gasteiger partial charge in [0.25, 0.3) is 0 Å². The highest BCUT2D eigenvalue weighted by molar-refractivity contribution is 6.29. The summed E-state index contributed by atoms with van der Waals surface area (Å²) in [5.74, 6) is 0. The van der Waals surface area contributed by atoms with Crippen LogP contribution in [0.3, 0.4) is 0 Å². The van der Waals surface area contributed by atoms with E-state index in [0.29, 0.717) is 11.2 Å². The van der Waals surface area contributed by atoms with Crippen LogP contribution in [-0.2, 0) is 0 Å². The van der Waals surface area contributed by atoms with Gasteiger partial charge in [-0.2, -0.15) is 0 Å². The largest absolute Gasteiger partial charge is 0.370 e. The summed E-state index contributed by atoms with van der Waals surface area (Å²) in [7, 11) is 4.29. The van der Waals surface area contributed by atoms with Gasteiger partial charge in [0.2, 0.25) is 0 Å². The van der Waals surface area contributed by atoms with Crippen molar-refractivity contribution in [3.63, 3.8) is 0 Å². The smallest absolute Gasteiger partial charge is 0.131 e. The van der Waals surface area contributed by atoms with Gasteiger partial charge in [-0.1, -0.05) is 11.6 Å². The second kappa shape index (κ2) is 5.02. The first-order valence-corrected chi connectivity index (χ1v) is 6.07. The number of anilines is 1. The van der Waals surface area contributed by atoms with Crippen molar-refractivity contribution in [2.45, 2.75) is 18.9 Å². The van der Waals surface area contributed by atoms with E-state index in [1.165, 1.54) is 18.5 Å². The third kappa shape index (κ3) is 2.66. The molecular formula is C12H18ClN3. The summed E-state index contributed by atoms with van der Waals surface area (Å²) < 4.78 is 0. The summed E-state index contributed by atoms with van der Waals surface area (Å²) in [5, 5.41) is 0.574. The molecule has 0 radical (unpaired) electrons. The molecule has 0 aliphatic carbocycles. The third-order valence-electron chi connectivity index (χ3n) is 3.20. The molecule has 2 heterocycles. The van der Waals surface area contributed by atoms with Gasteiger partial charge in [-0.3, -0.25) is 0 Å². The van der Waals surface area contributed by atoms with Gasteiger partial charge < -0.3 is 9.80 Å². The van der Waals surface area contributed by atoms with Crippen LogP contribution >= 0.6 is 11.6 Å². The van der Waals surface area contributed by atoms with Gasteiger partial charge in [-0.25, -0.2) is 4.98 Å². The molecule has 88 valence electrons. The molecule has 4 heteroatoms. The second-order valence-corrected chi connectivity index (χ2v) is 4.93. The minimum atomic E-state index is 0.574. The zero-order valence-corrected chi connectivity index (χ0v) is 10.6. The van der Waals surface area contributed by atoms with E-state index < -0.39 is 0 Å². The maximum Gasteiger partial charge on any atom is 0.131 e. The number of hydrogen-bond donors (Lipinski definition) is 0. The molecule has 1 aliphatic rings. The quantitative estimate of drug-likeness (QED) is 0.739. The zero-order valence-electron chi connectivity index (χ0n) is 9.86. The van der Waals surface area contributed by atoms with Gasteiger partial charge in [-0.15, -0.1) is 0 Å². The van der Waals surface area contributed by atoms with Crippen molar-refractivity contribution in [3.8, 4) is 0 Å². The molecule has 0 N–H and O–H groups in total. The van der Waals surface area contributed by atoms with Crippen molar-refractivity contribution in [1.82, 2.24) is 9.88 Å². The monoisotopic (exact) mass is 239 g/mol. The average molecular weight is 240 g/mol. The van der Waals surface area contributed by atoms with Crippen LogP contribution in [0.1, 0.15) is 12.8 Å². The molecular weight excluding hydrogens is 222 g/mol. The lowest BCUT2D eigenvalue weighted by Gasteiger charge is -2.37. The first-order valence-electron chi connectivity index (χ1n) is 5.70. The Kier molecular flexibility index (Phi) is 3.66. The molecule has 2 rings (SSSR count). The predicted molar refractivity (Wildman–Crippen MR) is 68.2 cm³/mol. The van der Waals surface area contributed by atoms with Gasteiger partial charge in [0.05, 0.1) is 0 Å². The van der Waals surface area contributed by atoms with Crippen molar-refractivity contribution in [2.24, 2.45) is 0 Å². The van der Waals surface area contributed by atoms with E-state index in [-0.39, 0.29) is 0 Å². The van der Waals surface area contributed by atoms with Crippen molar-refractivity contribution in [3.05, 3.63) is 23.5 Å². The average Bonchev–Trinajstić information content (AvgIpc) is 2.29. The van der Waals surface area contributed by atoms with E-state index in [9.17, 15) is 0 Å². The fourth-order valence-corrected chi connectivity index (χ4v) is 2.37. The van der Waals surface area contributed by atoms with Crippen LogP contribution in [0, 0.1) is 0 Å². The summed E-state index contributed by atoms with van der Waals surface area (Å²) in [6.07, 6.45) is 4.29. The first-order chi connectivity index (χ1) is 7.66. The van der Waals surface area contributed by atoms with E-state index in [2.05, 4.69) is 28.9 Å². The number of piperidine rings is 1. The van der Waals surface area contributed by atoms with Gasteiger partial charge in [0.1, 0.15) is 5.15 Å². The Morgan fingerprint density at radius 1 is 1.50 bits per heavy atom. The summed E-state index contributed by atoms with van der Waals surface area (Å²) in [5.41, 5.74) is 1.19. The lowest BCUT2D eigenvalue weighted by atomic mass is 10.0. The highest BCUT2D eigenvalue weighted by Crippen LogP contribution is 2.22. The van der Waals surface area contributed by atoms with Crippen molar-refractivity contribution in [2.75, 3.05) is 32.1 Å². The van der Waals surface area contributed by atoms with Gasteiger partial charge in [0, 0.05) is 31.0 Å². The molecule has 1 aromatic rings. The predicted octanol–water partition coefficient (Wildman–Crippen LogP) is 2.27. The van der Waals surface area contributed by atoms with Crippen molar-refractivity contribution >= 4 is 17.3 Å². The topological polar surface area (TPSA) is 19.4 Å². The Hall–Kier alpha value is -0.800. The Labute approximate surface area is 102 Å². The van der Waals surface area contributed by atoms with Crippen molar-refractivity contribution in [1.29, 1.82) is 0 Å². The van der Waals surface area contributed by atoms with Crippen molar-refractivity contribution < 1.29 is 0 Å². The van der Waals surface area contributed by atoms with Gasteiger partial charge in [0.15, 0.2) is 0 Å². The van der Waals surface area contributed by atoms with Crippen LogP contribution in [0.5, 0.6) is 0 Å². The normalized spacial score (nSPS) is 21.5. The standard InChI is InChI=1S/C12H18ClN3/c1-15(2)11-4-3-7-16(9-11)10-5-6-14-12(13)8-10/h5-6,8,11H,3-4,7,9H2,1-2H3. The fourth-order valence-electron chi connectivity index (χ4n) is 2.20. The van der Waals surface area contributed by atoms with Crippen LogP contribution in [0.15, 0.2) is 18.3 Å². The SMILES string of the molecule is CN(C)C1CCCN(c2ccnc(Cl)c2)C1. The van der Waals surface area contributed by atoms with E-state index >= 15 is 0 Å². The summed E-state index contributed by atoms with van der Waals surface area (Å²) >= 11 is 5.91. The summed E-state index contributed by atoms with van der Waals surface area (Å²) in [4.78, 5) is 8.71. The zero-order chi connectivity index (χ0) is 11.5. The molecule has 3 nitrogen and oxygen atoms in total. The number of aromatic nitrogens is 1. The highest BCUT2D eigenvalue weighted by Gasteiger charge is 2.21. The van der Waals surface area contributed by atoms with Crippen LogP contribution in [-0.4, -0.2) is 43.1 Å². The van der Waals surface area contributed by atoms with Crippen LogP contribution in [0.2, 0.25) is 5.15 Å². The number of likely N-dealkylation sites (N-methyl/N-ethyl adjacent to an activating group) is 1. The molecule has 0 amide bonds. The molecule has 0 aromatic carbocycles. The minimum absolute atomic E-state index is 0.574. The second-order valence-electron chi connectivity index (χ2n) is 4.54. The molecule has 1 atom stereocenters.